The van der Waals surface area contributed by atoms with E-state index in [0.29, 0.717) is 5.92 Å². The summed E-state index contributed by atoms with van der Waals surface area (Å²) in [7, 11) is 2.15. The molecule has 0 aromatic heterocycles. The lowest BCUT2D eigenvalue weighted by molar-refractivity contribution is 0.183. The molecule has 0 unspecified atom stereocenters. The molecule has 0 saturated carbocycles. The van der Waals surface area contributed by atoms with E-state index in [1.807, 2.05) is 0 Å². The lowest BCUT2D eigenvalue weighted by Crippen LogP contribution is -2.51. The molecule has 1 saturated heterocycles. The van der Waals surface area contributed by atoms with Crippen molar-refractivity contribution in [3.05, 3.63) is 58.7 Å². The zero-order chi connectivity index (χ0) is 25.4. The monoisotopic (exact) mass is 462 g/mol. The zero-order valence-electron chi connectivity index (χ0n) is 23.5. The molecule has 2 heterocycles. The van der Waals surface area contributed by atoms with Gasteiger partial charge in [-0.05, 0) is 77.6 Å². The molecule has 2 aliphatic rings. The topological polar surface area (TPSA) is 22.1 Å². The molecule has 2 aromatic carbocycles. The van der Waals surface area contributed by atoms with Crippen LogP contribution < -0.4 is 9.80 Å². The summed E-state index contributed by atoms with van der Waals surface area (Å²) in [6.07, 6.45) is 0. The second kappa shape index (κ2) is 9.64. The van der Waals surface area contributed by atoms with Crippen LogP contribution in [0.3, 0.4) is 0 Å². The molecule has 2 aromatic rings. The number of nitrogens with zero attached hydrogens (tertiary/aromatic N) is 4. The minimum atomic E-state index is 0.0291. The summed E-state index contributed by atoms with van der Waals surface area (Å²) in [6, 6.07) is 13.1. The van der Waals surface area contributed by atoms with E-state index in [-0.39, 0.29) is 11.1 Å². The van der Waals surface area contributed by atoms with Crippen molar-refractivity contribution in [2.45, 2.75) is 80.3 Å². The predicted octanol–water partition coefficient (Wildman–Crippen LogP) is 6.75. The van der Waals surface area contributed by atoms with Crippen LogP contribution in [0, 0.1) is 33.6 Å². The van der Waals surface area contributed by atoms with Crippen molar-refractivity contribution < 1.29 is 0 Å². The first-order valence-corrected chi connectivity index (χ1v) is 12.7. The first kappa shape index (κ1) is 26.1. The molecule has 0 N–H and O–H groups in total. The predicted molar refractivity (Wildman–Crippen MR) is 150 cm³/mol. The molecule has 4 rings (SSSR count). The third kappa shape index (κ3) is 4.82. The van der Waals surface area contributed by atoms with Gasteiger partial charge in [0, 0.05) is 37.4 Å². The molecule has 0 atom stereocenters. The minimum Gasteiger partial charge on any atom is -0.356 e. The van der Waals surface area contributed by atoms with Crippen molar-refractivity contribution in [3.8, 4) is 0 Å². The van der Waals surface area contributed by atoms with Crippen LogP contribution in [-0.4, -0.2) is 48.6 Å². The standard InChI is InChI=1S/C19H24N2.C11H22N2/c1-14-7-5-8-15(2)18(14)20-11-12-21(13-20)19-16(3)9-6-10-17(19)4;1-8(2)9-12-10(3,4)11(5,6)13(9)7/h5-10H,11-13H2,1-4H3;8H,1-7H3. The summed E-state index contributed by atoms with van der Waals surface area (Å²) < 4.78 is 0. The molecule has 0 aliphatic carbocycles. The molecular formula is C30H46N4. The number of hydrogen-bond donors (Lipinski definition) is 0. The van der Waals surface area contributed by atoms with E-state index in [4.69, 9.17) is 4.99 Å². The molecule has 0 bridgehead atoms. The van der Waals surface area contributed by atoms with E-state index in [9.17, 15) is 0 Å². The van der Waals surface area contributed by atoms with Crippen LogP contribution in [0.5, 0.6) is 0 Å². The average Bonchev–Trinajstić information content (AvgIpc) is 3.26. The largest absolute Gasteiger partial charge is 0.356 e. The van der Waals surface area contributed by atoms with Gasteiger partial charge in [0.2, 0.25) is 0 Å². The normalized spacial score (nSPS) is 18.8. The molecule has 0 amide bonds. The van der Waals surface area contributed by atoms with Gasteiger partial charge in [-0.1, -0.05) is 50.2 Å². The lowest BCUT2D eigenvalue weighted by atomic mass is 9.83. The summed E-state index contributed by atoms with van der Waals surface area (Å²) in [5.74, 6) is 1.75. The summed E-state index contributed by atoms with van der Waals surface area (Å²) in [6.45, 7) is 25.4. The molecule has 1 fully saturated rings. The van der Waals surface area contributed by atoms with Gasteiger partial charge in [-0.15, -0.1) is 0 Å². The van der Waals surface area contributed by atoms with Crippen LogP contribution in [0.2, 0.25) is 0 Å². The number of aryl methyl sites for hydroxylation is 4. The van der Waals surface area contributed by atoms with Gasteiger partial charge in [0.15, 0.2) is 0 Å². The number of amidine groups is 1. The van der Waals surface area contributed by atoms with Gasteiger partial charge >= 0.3 is 0 Å². The van der Waals surface area contributed by atoms with Gasteiger partial charge in [0.05, 0.1) is 17.7 Å². The molecule has 2 aliphatic heterocycles. The summed E-state index contributed by atoms with van der Waals surface area (Å²) in [4.78, 5) is 12.1. The number of para-hydroxylation sites is 2. The van der Waals surface area contributed by atoms with Gasteiger partial charge in [-0.25, -0.2) is 0 Å². The van der Waals surface area contributed by atoms with Crippen LogP contribution >= 0.6 is 0 Å². The second-order valence-corrected chi connectivity index (χ2v) is 11.5. The Labute approximate surface area is 208 Å². The number of rotatable bonds is 3. The number of benzene rings is 2. The fourth-order valence-corrected chi connectivity index (χ4v) is 5.27. The maximum atomic E-state index is 4.80. The van der Waals surface area contributed by atoms with Crippen LogP contribution in [0.1, 0.15) is 63.8 Å². The summed E-state index contributed by atoms with van der Waals surface area (Å²) in [5, 5.41) is 0. The van der Waals surface area contributed by atoms with E-state index in [0.717, 1.165) is 19.8 Å². The lowest BCUT2D eigenvalue weighted by Gasteiger charge is -2.39. The SMILES string of the molecule is CC(C)C1=NC(C)(C)C(C)(C)N1C.Cc1cccc(C)c1N1CCN(c2c(C)cccc2C)C1. The van der Waals surface area contributed by atoms with Crippen LogP contribution in [0.4, 0.5) is 11.4 Å². The number of likely N-dealkylation sites (N-methyl/N-ethyl adjacent to an activating group) is 1. The van der Waals surface area contributed by atoms with Gasteiger partial charge in [0.1, 0.15) is 5.84 Å². The van der Waals surface area contributed by atoms with E-state index in [1.54, 1.807) is 0 Å². The van der Waals surface area contributed by atoms with Crippen LogP contribution in [0.25, 0.3) is 0 Å². The van der Waals surface area contributed by atoms with Crippen molar-refractivity contribution in [2.24, 2.45) is 10.9 Å². The Morgan fingerprint density at radius 1 is 0.735 bits per heavy atom. The quantitative estimate of drug-likeness (QED) is 0.504. The van der Waals surface area contributed by atoms with Crippen molar-refractivity contribution in [3.63, 3.8) is 0 Å². The Balaban J connectivity index is 0.000000215. The van der Waals surface area contributed by atoms with E-state index in [1.165, 1.54) is 39.5 Å². The Morgan fingerprint density at radius 2 is 1.12 bits per heavy atom. The molecule has 4 nitrogen and oxygen atoms in total. The van der Waals surface area contributed by atoms with Crippen LogP contribution in [0.15, 0.2) is 41.4 Å². The number of anilines is 2. The minimum absolute atomic E-state index is 0.0291. The van der Waals surface area contributed by atoms with E-state index < -0.39 is 0 Å². The molecule has 4 heteroatoms. The van der Waals surface area contributed by atoms with Gasteiger partial charge in [-0.2, -0.15) is 0 Å². The molecule has 186 valence electrons. The molecular weight excluding hydrogens is 416 g/mol. The third-order valence-electron chi connectivity index (χ3n) is 8.08. The van der Waals surface area contributed by atoms with Gasteiger partial charge in [0.25, 0.3) is 0 Å². The highest BCUT2D eigenvalue weighted by Crippen LogP contribution is 2.38. The van der Waals surface area contributed by atoms with E-state index >= 15 is 0 Å². The molecule has 0 radical (unpaired) electrons. The van der Waals surface area contributed by atoms with Gasteiger partial charge < -0.3 is 14.7 Å². The highest BCUT2D eigenvalue weighted by atomic mass is 15.4. The first-order valence-electron chi connectivity index (χ1n) is 12.7. The second-order valence-electron chi connectivity index (χ2n) is 11.5. The first-order chi connectivity index (χ1) is 15.8. The molecule has 0 spiro atoms. The Hall–Kier alpha value is -2.49. The van der Waals surface area contributed by atoms with Crippen molar-refractivity contribution in [2.75, 3.05) is 36.6 Å². The maximum absolute atomic E-state index is 4.80. The summed E-state index contributed by atoms with van der Waals surface area (Å²) in [5.41, 5.74) is 8.47. The number of hydrogen-bond acceptors (Lipinski definition) is 4. The average molecular weight is 463 g/mol. The van der Waals surface area contributed by atoms with Crippen molar-refractivity contribution in [1.29, 1.82) is 0 Å². The Bertz CT molecular complexity index is 950. The van der Waals surface area contributed by atoms with E-state index in [2.05, 4.69) is 127 Å². The Kier molecular flexibility index (Phi) is 7.40. The smallest absolute Gasteiger partial charge is 0.102 e. The molecule has 34 heavy (non-hydrogen) atoms. The third-order valence-corrected chi connectivity index (χ3v) is 8.08. The number of aliphatic imine (C=N–C) groups is 1. The van der Waals surface area contributed by atoms with Crippen molar-refractivity contribution in [1.82, 2.24) is 4.90 Å². The van der Waals surface area contributed by atoms with Crippen molar-refractivity contribution >= 4 is 17.2 Å². The zero-order valence-corrected chi connectivity index (χ0v) is 23.5. The Morgan fingerprint density at radius 3 is 1.38 bits per heavy atom. The van der Waals surface area contributed by atoms with Gasteiger partial charge in [-0.3, -0.25) is 4.99 Å². The highest BCUT2D eigenvalue weighted by Gasteiger charge is 2.47. The highest BCUT2D eigenvalue weighted by molar-refractivity contribution is 5.87. The van der Waals surface area contributed by atoms with Crippen LogP contribution in [-0.2, 0) is 0 Å². The fraction of sp³-hybridized carbons (Fsp3) is 0.567. The maximum Gasteiger partial charge on any atom is 0.102 e. The summed E-state index contributed by atoms with van der Waals surface area (Å²) >= 11 is 0. The fourth-order valence-electron chi connectivity index (χ4n) is 5.27.